The second-order valence-corrected chi connectivity index (χ2v) is 5.92. The lowest BCUT2D eigenvalue weighted by molar-refractivity contribution is -0.126. The zero-order chi connectivity index (χ0) is 12.8. The molecule has 2 aliphatic rings. The van der Waals surface area contributed by atoms with Crippen LogP contribution in [0.15, 0.2) is 0 Å². The molecule has 1 heterocycles. The largest absolute Gasteiger partial charge is 0.356 e. The number of rotatable bonds is 4. The molecule has 18 heavy (non-hydrogen) atoms. The number of piperidine rings is 1. The highest BCUT2D eigenvalue weighted by Crippen LogP contribution is 2.23. The van der Waals surface area contributed by atoms with Crippen LogP contribution < -0.4 is 16.4 Å². The van der Waals surface area contributed by atoms with Gasteiger partial charge in [-0.1, -0.05) is 6.42 Å². The van der Waals surface area contributed by atoms with Crippen molar-refractivity contribution < 1.29 is 4.79 Å². The van der Waals surface area contributed by atoms with Crippen LogP contribution in [0.3, 0.4) is 0 Å². The summed E-state index contributed by atoms with van der Waals surface area (Å²) in [4.78, 5) is 12.0. The summed E-state index contributed by atoms with van der Waals surface area (Å²) in [7, 11) is 0. The monoisotopic (exact) mass is 253 g/mol. The quantitative estimate of drug-likeness (QED) is 0.700. The van der Waals surface area contributed by atoms with E-state index in [0.717, 1.165) is 57.7 Å². The number of hydrogen-bond donors (Lipinski definition) is 3. The van der Waals surface area contributed by atoms with Crippen molar-refractivity contribution in [1.29, 1.82) is 0 Å². The van der Waals surface area contributed by atoms with E-state index in [1.54, 1.807) is 0 Å². The Bertz CT molecular complexity index is 264. The zero-order valence-electron chi connectivity index (χ0n) is 11.3. The Morgan fingerprint density at radius 2 is 2.17 bits per heavy atom. The molecule has 4 nitrogen and oxygen atoms in total. The van der Waals surface area contributed by atoms with Gasteiger partial charge in [-0.3, -0.25) is 4.79 Å². The van der Waals surface area contributed by atoms with Crippen LogP contribution in [0, 0.1) is 11.8 Å². The highest BCUT2D eigenvalue weighted by Gasteiger charge is 2.25. The van der Waals surface area contributed by atoms with E-state index < -0.39 is 0 Å². The fourth-order valence-corrected chi connectivity index (χ4v) is 3.18. The van der Waals surface area contributed by atoms with E-state index in [0.29, 0.717) is 0 Å². The average molecular weight is 253 g/mol. The smallest absolute Gasteiger partial charge is 0.223 e. The van der Waals surface area contributed by atoms with Crippen LogP contribution in [0.5, 0.6) is 0 Å². The number of amides is 1. The Morgan fingerprint density at radius 3 is 2.89 bits per heavy atom. The molecule has 0 radical (unpaired) electrons. The van der Waals surface area contributed by atoms with Crippen LogP contribution in [0.1, 0.15) is 44.9 Å². The topological polar surface area (TPSA) is 67.2 Å². The highest BCUT2D eigenvalue weighted by molar-refractivity contribution is 5.78. The second kappa shape index (κ2) is 7.10. The van der Waals surface area contributed by atoms with Gasteiger partial charge in [0.15, 0.2) is 0 Å². The summed E-state index contributed by atoms with van der Waals surface area (Å²) >= 11 is 0. The maximum absolute atomic E-state index is 12.0. The van der Waals surface area contributed by atoms with Gasteiger partial charge in [0.2, 0.25) is 5.91 Å². The lowest BCUT2D eigenvalue weighted by Crippen LogP contribution is -2.39. The lowest BCUT2D eigenvalue weighted by atomic mass is 9.85. The van der Waals surface area contributed by atoms with Crippen molar-refractivity contribution in [3.63, 3.8) is 0 Å². The number of carbonyl (C=O) groups excluding carboxylic acids is 1. The molecular formula is C14H27N3O. The molecule has 4 N–H and O–H groups in total. The van der Waals surface area contributed by atoms with E-state index in [4.69, 9.17) is 5.73 Å². The van der Waals surface area contributed by atoms with Crippen molar-refractivity contribution in [1.82, 2.24) is 10.6 Å². The van der Waals surface area contributed by atoms with Gasteiger partial charge in [-0.2, -0.15) is 0 Å². The van der Waals surface area contributed by atoms with E-state index in [9.17, 15) is 4.79 Å². The third-order valence-corrected chi connectivity index (χ3v) is 4.34. The molecule has 0 aromatic rings. The number of hydrogen-bond acceptors (Lipinski definition) is 3. The zero-order valence-corrected chi connectivity index (χ0v) is 11.3. The Labute approximate surface area is 110 Å². The molecule has 1 aliphatic heterocycles. The maximum Gasteiger partial charge on any atom is 0.223 e. The molecule has 1 amide bonds. The van der Waals surface area contributed by atoms with Gasteiger partial charge < -0.3 is 16.4 Å². The SMILES string of the molecule is NC1CCCC(C(=O)NCCC2CCCNC2)C1. The molecule has 1 saturated carbocycles. The first kappa shape index (κ1) is 13.8. The minimum Gasteiger partial charge on any atom is -0.356 e. The molecule has 3 unspecified atom stereocenters. The highest BCUT2D eigenvalue weighted by atomic mass is 16.1. The van der Waals surface area contributed by atoms with Gasteiger partial charge in [-0.15, -0.1) is 0 Å². The van der Waals surface area contributed by atoms with Crippen molar-refractivity contribution in [2.75, 3.05) is 19.6 Å². The van der Waals surface area contributed by atoms with E-state index in [-0.39, 0.29) is 17.9 Å². The first-order valence-electron chi connectivity index (χ1n) is 7.49. The molecule has 0 bridgehead atoms. The molecule has 0 aromatic heterocycles. The van der Waals surface area contributed by atoms with Crippen LogP contribution in [0.4, 0.5) is 0 Å². The molecule has 3 atom stereocenters. The molecule has 0 aromatic carbocycles. The predicted octanol–water partition coefficient (Wildman–Crippen LogP) is 1.01. The molecule has 4 heteroatoms. The van der Waals surface area contributed by atoms with Crippen LogP contribution in [-0.4, -0.2) is 31.6 Å². The normalized spacial score (nSPS) is 33.1. The molecule has 2 rings (SSSR count). The summed E-state index contributed by atoms with van der Waals surface area (Å²) in [5.41, 5.74) is 5.92. The first-order chi connectivity index (χ1) is 8.75. The molecule has 2 fully saturated rings. The van der Waals surface area contributed by atoms with Crippen molar-refractivity contribution in [2.45, 2.75) is 51.0 Å². The van der Waals surface area contributed by atoms with Crippen LogP contribution >= 0.6 is 0 Å². The van der Waals surface area contributed by atoms with Gasteiger partial charge in [-0.25, -0.2) is 0 Å². The fraction of sp³-hybridized carbons (Fsp3) is 0.929. The van der Waals surface area contributed by atoms with Crippen LogP contribution in [-0.2, 0) is 4.79 Å². The Balaban J connectivity index is 1.61. The van der Waals surface area contributed by atoms with E-state index >= 15 is 0 Å². The third kappa shape index (κ3) is 4.25. The lowest BCUT2D eigenvalue weighted by Gasteiger charge is -2.26. The molecule has 0 spiro atoms. The van der Waals surface area contributed by atoms with Crippen LogP contribution in [0.25, 0.3) is 0 Å². The van der Waals surface area contributed by atoms with E-state index in [2.05, 4.69) is 10.6 Å². The Hall–Kier alpha value is -0.610. The summed E-state index contributed by atoms with van der Waals surface area (Å²) in [6.45, 7) is 3.10. The Kier molecular flexibility index (Phi) is 5.45. The first-order valence-corrected chi connectivity index (χ1v) is 7.49. The molecule has 104 valence electrons. The number of carbonyl (C=O) groups is 1. The second-order valence-electron chi connectivity index (χ2n) is 5.92. The maximum atomic E-state index is 12.0. The summed E-state index contributed by atoms with van der Waals surface area (Å²) in [5.74, 6) is 1.14. The minimum atomic E-state index is 0.165. The molecule has 1 aliphatic carbocycles. The third-order valence-electron chi connectivity index (χ3n) is 4.34. The van der Waals surface area contributed by atoms with Crippen molar-refractivity contribution in [3.8, 4) is 0 Å². The molecular weight excluding hydrogens is 226 g/mol. The Morgan fingerprint density at radius 1 is 1.28 bits per heavy atom. The van der Waals surface area contributed by atoms with Crippen LogP contribution in [0.2, 0.25) is 0 Å². The standard InChI is InChI=1S/C14H27N3O/c15-13-5-1-4-12(9-13)14(18)17-8-6-11-3-2-7-16-10-11/h11-13,16H,1-10,15H2,(H,17,18). The van der Waals surface area contributed by atoms with Crippen molar-refractivity contribution in [2.24, 2.45) is 17.6 Å². The summed E-state index contributed by atoms with van der Waals surface area (Å²) in [5, 5.41) is 6.51. The summed E-state index contributed by atoms with van der Waals surface area (Å²) in [6, 6.07) is 0.233. The van der Waals surface area contributed by atoms with Crippen molar-refractivity contribution in [3.05, 3.63) is 0 Å². The van der Waals surface area contributed by atoms with E-state index in [1.807, 2.05) is 0 Å². The molecule has 1 saturated heterocycles. The van der Waals surface area contributed by atoms with Gasteiger partial charge in [0.05, 0.1) is 0 Å². The van der Waals surface area contributed by atoms with Gasteiger partial charge in [-0.05, 0) is 57.5 Å². The van der Waals surface area contributed by atoms with Gasteiger partial charge in [0.25, 0.3) is 0 Å². The van der Waals surface area contributed by atoms with Crippen molar-refractivity contribution >= 4 is 5.91 Å². The van der Waals surface area contributed by atoms with E-state index in [1.165, 1.54) is 12.8 Å². The van der Waals surface area contributed by atoms with Gasteiger partial charge in [0, 0.05) is 18.5 Å². The van der Waals surface area contributed by atoms with Gasteiger partial charge in [0.1, 0.15) is 0 Å². The summed E-state index contributed by atoms with van der Waals surface area (Å²) < 4.78 is 0. The minimum absolute atomic E-state index is 0.165. The summed E-state index contributed by atoms with van der Waals surface area (Å²) in [6.07, 6.45) is 7.76. The predicted molar refractivity (Wildman–Crippen MR) is 73.2 cm³/mol. The fourth-order valence-electron chi connectivity index (χ4n) is 3.18. The number of nitrogens with two attached hydrogens (primary N) is 1. The average Bonchev–Trinajstić information content (AvgIpc) is 2.40. The number of nitrogens with one attached hydrogen (secondary N) is 2. The van der Waals surface area contributed by atoms with Gasteiger partial charge >= 0.3 is 0 Å².